The molecule has 0 unspecified atom stereocenters. The average Bonchev–Trinajstić information content (AvgIpc) is 3.16. The van der Waals surface area contributed by atoms with Crippen LogP contribution in [0, 0.1) is 19.8 Å². The number of amides is 2. The van der Waals surface area contributed by atoms with Crippen LogP contribution in [0.3, 0.4) is 0 Å². The molecule has 1 aliphatic heterocycles. The zero-order chi connectivity index (χ0) is 16.7. The van der Waals surface area contributed by atoms with Gasteiger partial charge in [0.05, 0.1) is 5.69 Å². The molecule has 2 heterocycles. The maximum absolute atomic E-state index is 12.7. The number of carbonyl (C=O) groups excluding carboxylic acids is 1. The number of likely N-dealkylation sites (tertiary alicyclic amines) is 1. The van der Waals surface area contributed by atoms with Crippen molar-refractivity contribution in [2.45, 2.75) is 45.6 Å². The van der Waals surface area contributed by atoms with Gasteiger partial charge in [-0.15, -0.1) is 0 Å². The molecule has 0 radical (unpaired) electrons. The molecule has 1 aromatic heterocycles. The van der Waals surface area contributed by atoms with E-state index in [-0.39, 0.29) is 6.03 Å². The van der Waals surface area contributed by atoms with Crippen molar-refractivity contribution in [3.63, 3.8) is 0 Å². The number of hydrogen-bond donors (Lipinski definition) is 1. The second kappa shape index (κ2) is 5.96. The minimum absolute atomic E-state index is 0.0127. The molecule has 5 nitrogen and oxygen atoms in total. The van der Waals surface area contributed by atoms with Crippen molar-refractivity contribution in [1.82, 2.24) is 9.88 Å². The van der Waals surface area contributed by atoms with Gasteiger partial charge >= 0.3 is 6.03 Å². The Hall–Kier alpha value is -2.30. The van der Waals surface area contributed by atoms with E-state index in [0.29, 0.717) is 11.9 Å². The van der Waals surface area contributed by atoms with Gasteiger partial charge in [-0.1, -0.05) is 6.07 Å². The van der Waals surface area contributed by atoms with Gasteiger partial charge in [0, 0.05) is 23.8 Å². The molecule has 0 spiro atoms. The predicted molar refractivity (Wildman–Crippen MR) is 92.9 cm³/mol. The van der Waals surface area contributed by atoms with E-state index in [1.54, 1.807) is 6.26 Å². The van der Waals surface area contributed by atoms with Crippen LogP contribution in [0.1, 0.15) is 36.9 Å². The van der Waals surface area contributed by atoms with Crippen molar-refractivity contribution >= 4 is 11.7 Å². The number of oxazole rings is 1. The maximum atomic E-state index is 12.7. The van der Waals surface area contributed by atoms with E-state index >= 15 is 0 Å². The first kappa shape index (κ1) is 15.2. The molecule has 1 saturated carbocycles. The molecule has 4 rings (SSSR count). The van der Waals surface area contributed by atoms with Gasteiger partial charge in [0.25, 0.3) is 0 Å². The van der Waals surface area contributed by atoms with Crippen LogP contribution >= 0.6 is 0 Å². The average molecular weight is 325 g/mol. The fourth-order valence-electron chi connectivity index (χ4n) is 3.97. The first-order chi connectivity index (χ1) is 11.6. The standard InChI is InChI=1S/C19H23N3O2/c1-12-3-5-15(10-17(12)18-20-13(2)11-24-18)21-19(23)22-8-7-14-4-6-16(22)9-14/h3,5,10-11,14,16H,4,6-9H2,1-2H3,(H,21,23)/t14-,16-/m1/s1. The van der Waals surface area contributed by atoms with E-state index in [2.05, 4.69) is 10.3 Å². The molecule has 1 aliphatic carbocycles. The lowest BCUT2D eigenvalue weighted by Gasteiger charge is -2.33. The highest BCUT2D eigenvalue weighted by molar-refractivity contribution is 5.90. The van der Waals surface area contributed by atoms with Gasteiger partial charge in [0.2, 0.25) is 5.89 Å². The molecular weight excluding hydrogens is 302 g/mol. The molecule has 1 saturated heterocycles. The summed E-state index contributed by atoms with van der Waals surface area (Å²) in [6.07, 6.45) is 6.37. The van der Waals surface area contributed by atoms with Gasteiger partial charge in [-0.25, -0.2) is 9.78 Å². The summed E-state index contributed by atoms with van der Waals surface area (Å²) >= 11 is 0. The van der Waals surface area contributed by atoms with Crippen LogP contribution in [-0.4, -0.2) is 28.5 Å². The Morgan fingerprint density at radius 3 is 2.96 bits per heavy atom. The fraction of sp³-hybridized carbons (Fsp3) is 0.474. The van der Waals surface area contributed by atoms with Crippen LogP contribution in [0.25, 0.3) is 11.5 Å². The predicted octanol–water partition coefficient (Wildman–Crippen LogP) is 4.36. The van der Waals surface area contributed by atoms with Gasteiger partial charge in [-0.3, -0.25) is 0 Å². The first-order valence-corrected chi connectivity index (χ1v) is 8.71. The third kappa shape index (κ3) is 2.79. The van der Waals surface area contributed by atoms with Crippen LogP contribution in [-0.2, 0) is 0 Å². The molecular formula is C19H23N3O2. The largest absolute Gasteiger partial charge is 0.444 e. The smallest absolute Gasteiger partial charge is 0.322 e. The lowest BCUT2D eigenvalue weighted by atomic mass is 9.99. The van der Waals surface area contributed by atoms with Crippen molar-refractivity contribution in [2.75, 3.05) is 11.9 Å². The summed E-state index contributed by atoms with van der Waals surface area (Å²) in [6.45, 7) is 4.79. The third-order valence-corrected chi connectivity index (χ3v) is 5.33. The van der Waals surface area contributed by atoms with Crippen molar-refractivity contribution in [1.29, 1.82) is 0 Å². The Labute approximate surface area is 142 Å². The summed E-state index contributed by atoms with van der Waals surface area (Å²) in [4.78, 5) is 19.1. The highest BCUT2D eigenvalue weighted by atomic mass is 16.3. The highest BCUT2D eigenvalue weighted by Crippen LogP contribution is 2.36. The van der Waals surface area contributed by atoms with E-state index in [1.165, 1.54) is 12.8 Å². The number of aromatic nitrogens is 1. The van der Waals surface area contributed by atoms with Gasteiger partial charge in [-0.2, -0.15) is 0 Å². The number of fused-ring (bicyclic) bond motifs is 2. The number of nitrogens with zero attached hydrogens (tertiary/aromatic N) is 2. The molecule has 2 amide bonds. The number of hydrogen-bond acceptors (Lipinski definition) is 3. The monoisotopic (exact) mass is 325 g/mol. The van der Waals surface area contributed by atoms with Crippen molar-refractivity contribution in [3.05, 3.63) is 35.7 Å². The second-order valence-corrected chi connectivity index (χ2v) is 7.07. The molecule has 24 heavy (non-hydrogen) atoms. The van der Waals surface area contributed by atoms with E-state index in [1.807, 2.05) is 36.9 Å². The molecule has 2 aliphatic rings. The SMILES string of the molecule is Cc1coc(-c2cc(NC(=O)N3CC[C@H]4CC[C@@H]3C4)ccc2C)n1. The van der Waals surface area contributed by atoms with Crippen LogP contribution in [0.4, 0.5) is 10.5 Å². The summed E-state index contributed by atoms with van der Waals surface area (Å²) in [6, 6.07) is 6.31. The minimum atomic E-state index is 0.0127. The Kier molecular flexibility index (Phi) is 3.79. The number of rotatable bonds is 2. The quantitative estimate of drug-likeness (QED) is 0.892. The van der Waals surface area contributed by atoms with E-state index in [0.717, 1.165) is 47.8 Å². The molecule has 2 aromatic rings. The number of anilines is 1. The normalized spacial score (nSPS) is 22.7. The van der Waals surface area contributed by atoms with Crippen molar-refractivity contribution in [2.24, 2.45) is 5.92 Å². The third-order valence-electron chi connectivity index (χ3n) is 5.33. The van der Waals surface area contributed by atoms with Crippen molar-refractivity contribution in [3.8, 4) is 11.5 Å². The number of aryl methyl sites for hydroxylation is 2. The number of urea groups is 1. The van der Waals surface area contributed by atoms with E-state index in [4.69, 9.17) is 4.42 Å². The van der Waals surface area contributed by atoms with Gasteiger partial charge in [0.1, 0.15) is 6.26 Å². The Balaban J connectivity index is 1.53. The molecule has 2 bridgehead atoms. The maximum Gasteiger partial charge on any atom is 0.322 e. The number of carbonyl (C=O) groups is 1. The molecule has 2 atom stereocenters. The van der Waals surface area contributed by atoms with Gasteiger partial charge in [-0.05, 0) is 63.1 Å². The summed E-state index contributed by atoms with van der Waals surface area (Å²) in [5, 5.41) is 3.06. The zero-order valence-corrected chi connectivity index (χ0v) is 14.2. The second-order valence-electron chi connectivity index (χ2n) is 7.07. The molecule has 126 valence electrons. The zero-order valence-electron chi connectivity index (χ0n) is 14.2. The van der Waals surface area contributed by atoms with Crippen LogP contribution in [0.2, 0.25) is 0 Å². The van der Waals surface area contributed by atoms with Gasteiger partial charge < -0.3 is 14.6 Å². The Bertz CT molecular complexity index is 768. The molecule has 5 heteroatoms. The molecule has 2 fully saturated rings. The summed E-state index contributed by atoms with van der Waals surface area (Å²) in [7, 11) is 0. The lowest BCUT2D eigenvalue weighted by Crippen LogP contribution is -2.44. The van der Waals surface area contributed by atoms with Crippen molar-refractivity contribution < 1.29 is 9.21 Å². The van der Waals surface area contributed by atoms with Gasteiger partial charge in [0.15, 0.2) is 0 Å². The van der Waals surface area contributed by atoms with Crippen LogP contribution in [0.15, 0.2) is 28.9 Å². The van der Waals surface area contributed by atoms with E-state index < -0.39 is 0 Å². The molecule has 1 N–H and O–H groups in total. The number of benzene rings is 1. The Morgan fingerprint density at radius 2 is 2.17 bits per heavy atom. The molecule has 1 aromatic carbocycles. The summed E-state index contributed by atoms with van der Waals surface area (Å²) in [5.74, 6) is 1.43. The Morgan fingerprint density at radius 1 is 1.29 bits per heavy atom. The van der Waals surface area contributed by atoms with Crippen LogP contribution in [0.5, 0.6) is 0 Å². The highest BCUT2D eigenvalue weighted by Gasteiger charge is 2.36. The lowest BCUT2D eigenvalue weighted by molar-refractivity contribution is 0.167. The van der Waals surface area contributed by atoms with E-state index in [9.17, 15) is 4.79 Å². The topological polar surface area (TPSA) is 58.4 Å². The first-order valence-electron chi connectivity index (χ1n) is 8.71. The number of nitrogens with one attached hydrogen (secondary N) is 1. The van der Waals surface area contributed by atoms with Crippen LogP contribution < -0.4 is 5.32 Å². The number of piperidine rings is 1. The minimum Gasteiger partial charge on any atom is -0.444 e. The summed E-state index contributed by atoms with van der Waals surface area (Å²) < 4.78 is 5.51. The fourth-order valence-corrected chi connectivity index (χ4v) is 3.97. The summed E-state index contributed by atoms with van der Waals surface area (Å²) in [5.41, 5.74) is 3.63.